The molecule has 3 heteroatoms. The molecule has 1 heterocycles. The zero-order valence-electron chi connectivity index (χ0n) is 12.4. The smallest absolute Gasteiger partial charge is 0.0731 e. The summed E-state index contributed by atoms with van der Waals surface area (Å²) in [6, 6.07) is 2.16. The zero-order chi connectivity index (χ0) is 13.1. The third kappa shape index (κ3) is 2.98. The van der Waals surface area contributed by atoms with E-state index in [1.807, 2.05) is 0 Å². The maximum Gasteiger partial charge on any atom is 0.0731 e. The first-order valence-electron chi connectivity index (χ1n) is 8.45. The standard InChI is InChI=1S/C16H30N2O/c1-17-13-7-3-2-4-8-14(13)18-11-12-19-16-10-6-5-9-15(16)18/h13-17H,2-12H2,1H3. The molecule has 3 nitrogen and oxygen atoms in total. The monoisotopic (exact) mass is 266 g/mol. The van der Waals surface area contributed by atoms with Gasteiger partial charge in [0.2, 0.25) is 0 Å². The van der Waals surface area contributed by atoms with Gasteiger partial charge in [-0.25, -0.2) is 0 Å². The van der Waals surface area contributed by atoms with E-state index in [-0.39, 0.29) is 0 Å². The fraction of sp³-hybridized carbons (Fsp3) is 1.00. The van der Waals surface area contributed by atoms with Crippen LogP contribution in [0.1, 0.15) is 57.8 Å². The number of fused-ring (bicyclic) bond motifs is 1. The highest BCUT2D eigenvalue weighted by molar-refractivity contribution is 4.95. The molecule has 4 atom stereocenters. The van der Waals surface area contributed by atoms with Gasteiger partial charge in [0.15, 0.2) is 0 Å². The average Bonchev–Trinajstić information content (AvgIpc) is 2.71. The molecule has 3 aliphatic rings. The molecule has 110 valence electrons. The second-order valence-electron chi connectivity index (χ2n) is 6.60. The molecular formula is C16H30N2O. The summed E-state index contributed by atoms with van der Waals surface area (Å²) in [5.41, 5.74) is 0. The summed E-state index contributed by atoms with van der Waals surface area (Å²) in [5.74, 6) is 0. The number of morpholine rings is 1. The van der Waals surface area contributed by atoms with E-state index >= 15 is 0 Å². The largest absolute Gasteiger partial charge is 0.375 e. The summed E-state index contributed by atoms with van der Waals surface area (Å²) in [7, 11) is 2.15. The predicted molar refractivity (Wildman–Crippen MR) is 78.4 cm³/mol. The van der Waals surface area contributed by atoms with Crippen LogP contribution >= 0.6 is 0 Å². The Labute approximate surface area is 118 Å². The van der Waals surface area contributed by atoms with Gasteiger partial charge >= 0.3 is 0 Å². The van der Waals surface area contributed by atoms with E-state index < -0.39 is 0 Å². The molecule has 0 spiro atoms. The van der Waals surface area contributed by atoms with Crippen molar-refractivity contribution in [2.75, 3.05) is 20.2 Å². The van der Waals surface area contributed by atoms with E-state index in [0.717, 1.165) is 19.2 Å². The van der Waals surface area contributed by atoms with Gasteiger partial charge in [-0.3, -0.25) is 4.90 Å². The molecule has 1 saturated heterocycles. The minimum atomic E-state index is 0.531. The Morgan fingerprint density at radius 3 is 2.53 bits per heavy atom. The molecule has 4 unspecified atom stereocenters. The van der Waals surface area contributed by atoms with Crippen LogP contribution in [0.4, 0.5) is 0 Å². The highest BCUT2D eigenvalue weighted by Crippen LogP contribution is 2.33. The average molecular weight is 266 g/mol. The molecule has 1 N–H and O–H groups in total. The molecule has 0 aromatic rings. The highest BCUT2D eigenvalue weighted by atomic mass is 16.5. The van der Waals surface area contributed by atoms with Crippen molar-refractivity contribution in [3.63, 3.8) is 0 Å². The van der Waals surface area contributed by atoms with Crippen LogP contribution in [0, 0.1) is 0 Å². The highest BCUT2D eigenvalue weighted by Gasteiger charge is 2.39. The van der Waals surface area contributed by atoms with Crippen molar-refractivity contribution in [3.05, 3.63) is 0 Å². The summed E-state index contributed by atoms with van der Waals surface area (Å²) < 4.78 is 6.04. The number of hydrogen-bond acceptors (Lipinski definition) is 3. The molecule has 0 radical (unpaired) electrons. The Hall–Kier alpha value is -0.120. The lowest BCUT2D eigenvalue weighted by atomic mass is 9.87. The van der Waals surface area contributed by atoms with Gasteiger partial charge in [0.1, 0.15) is 0 Å². The third-order valence-electron chi connectivity index (χ3n) is 5.55. The van der Waals surface area contributed by atoms with E-state index in [4.69, 9.17) is 4.74 Å². The van der Waals surface area contributed by atoms with Gasteiger partial charge in [-0.15, -0.1) is 0 Å². The molecule has 0 amide bonds. The van der Waals surface area contributed by atoms with Gasteiger partial charge in [-0.05, 0) is 32.7 Å². The van der Waals surface area contributed by atoms with Gasteiger partial charge < -0.3 is 10.1 Å². The fourth-order valence-corrected chi connectivity index (χ4v) is 4.56. The topological polar surface area (TPSA) is 24.5 Å². The van der Waals surface area contributed by atoms with Crippen molar-refractivity contribution in [1.82, 2.24) is 10.2 Å². The van der Waals surface area contributed by atoms with Crippen molar-refractivity contribution >= 4 is 0 Å². The van der Waals surface area contributed by atoms with Crippen molar-refractivity contribution in [1.29, 1.82) is 0 Å². The van der Waals surface area contributed by atoms with Crippen molar-refractivity contribution < 1.29 is 4.74 Å². The number of nitrogens with zero attached hydrogens (tertiary/aromatic N) is 1. The predicted octanol–water partition coefficient (Wildman–Crippen LogP) is 2.55. The Balaban J connectivity index is 1.73. The number of rotatable bonds is 2. The minimum absolute atomic E-state index is 0.531. The van der Waals surface area contributed by atoms with Crippen LogP contribution in [0.3, 0.4) is 0 Å². The third-order valence-corrected chi connectivity index (χ3v) is 5.55. The summed E-state index contributed by atoms with van der Waals surface area (Å²) >= 11 is 0. The molecule has 3 fully saturated rings. The molecule has 1 aliphatic heterocycles. The number of likely N-dealkylation sites (N-methyl/N-ethyl adjacent to an activating group) is 1. The molecule has 2 saturated carbocycles. The van der Waals surface area contributed by atoms with E-state index in [1.54, 1.807) is 0 Å². The first-order chi connectivity index (χ1) is 9.40. The van der Waals surface area contributed by atoms with Gasteiger partial charge in [-0.1, -0.05) is 32.1 Å². The Morgan fingerprint density at radius 2 is 1.63 bits per heavy atom. The van der Waals surface area contributed by atoms with Gasteiger partial charge in [0.05, 0.1) is 12.7 Å². The summed E-state index contributed by atoms with van der Waals surface area (Å²) in [4.78, 5) is 2.83. The Kier molecular flexibility index (Phi) is 4.78. The van der Waals surface area contributed by atoms with Crippen LogP contribution in [-0.2, 0) is 4.74 Å². The van der Waals surface area contributed by atoms with Gasteiger partial charge in [0.25, 0.3) is 0 Å². The van der Waals surface area contributed by atoms with E-state index in [1.165, 1.54) is 57.8 Å². The number of ether oxygens (including phenoxy) is 1. The van der Waals surface area contributed by atoms with E-state index in [2.05, 4.69) is 17.3 Å². The zero-order valence-corrected chi connectivity index (χ0v) is 12.4. The molecule has 0 aromatic heterocycles. The maximum atomic E-state index is 6.04. The van der Waals surface area contributed by atoms with Gasteiger partial charge in [0, 0.05) is 24.7 Å². The fourth-order valence-electron chi connectivity index (χ4n) is 4.56. The molecule has 19 heavy (non-hydrogen) atoms. The summed E-state index contributed by atoms with van der Waals surface area (Å²) in [6.45, 7) is 2.11. The Morgan fingerprint density at radius 1 is 0.895 bits per heavy atom. The minimum Gasteiger partial charge on any atom is -0.375 e. The number of hydrogen-bond donors (Lipinski definition) is 1. The van der Waals surface area contributed by atoms with Crippen molar-refractivity contribution in [3.8, 4) is 0 Å². The Bertz CT molecular complexity index is 282. The maximum absolute atomic E-state index is 6.04. The van der Waals surface area contributed by atoms with Crippen molar-refractivity contribution in [2.45, 2.75) is 82.0 Å². The van der Waals surface area contributed by atoms with Crippen LogP contribution in [0.5, 0.6) is 0 Å². The van der Waals surface area contributed by atoms with Crippen LogP contribution in [0.15, 0.2) is 0 Å². The SMILES string of the molecule is CNC1CCCCCC1N1CCOC2CCCCC21. The lowest BCUT2D eigenvalue weighted by Crippen LogP contribution is -2.60. The quantitative estimate of drug-likeness (QED) is 0.777. The van der Waals surface area contributed by atoms with Crippen LogP contribution < -0.4 is 5.32 Å². The van der Waals surface area contributed by atoms with Crippen LogP contribution in [0.2, 0.25) is 0 Å². The summed E-state index contributed by atoms with van der Waals surface area (Å²) in [6.07, 6.45) is 12.9. The second-order valence-corrected chi connectivity index (χ2v) is 6.60. The molecule has 2 aliphatic carbocycles. The second kappa shape index (κ2) is 6.55. The van der Waals surface area contributed by atoms with Crippen LogP contribution in [-0.4, -0.2) is 49.3 Å². The molecule has 0 aromatic carbocycles. The lowest BCUT2D eigenvalue weighted by Gasteiger charge is -2.49. The molecule has 3 rings (SSSR count). The first kappa shape index (κ1) is 13.8. The molecule has 0 bridgehead atoms. The van der Waals surface area contributed by atoms with E-state index in [0.29, 0.717) is 18.2 Å². The van der Waals surface area contributed by atoms with Crippen LogP contribution in [0.25, 0.3) is 0 Å². The van der Waals surface area contributed by atoms with Crippen molar-refractivity contribution in [2.24, 2.45) is 0 Å². The van der Waals surface area contributed by atoms with E-state index in [9.17, 15) is 0 Å². The normalized spacial score (nSPS) is 41.5. The summed E-state index contributed by atoms with van der Waals surface area (Å²) in [5, 5.41) is 3.60. The van der Waals surface area contributed by atoms with Gasteiger partial charge in [-0.2, -0.15) is 0 Å². The molecular weight excluding hydrogens is 236 g/mol. The lowest BCUT2D eigenvalue weighted by molar-refractivity contribution is -0.107. The first-order valence-corrected chi connectivity index (χ1v) is 8.45. The number of nitrogens with one attached hydrogen (secondary N) is 1.